The Labute approximate surface area is 130 Å². The van der Waals surface area contributed by atoms with Crippen molar-refractivity contribution in [2.45, 2.75) is 50.1 Å². The summed E-state index contributed by atoms with van der Waals surface area (Å²) in [6.07, 6.45) is 4.78. The van der Waals surface area contributed by atoms with E-state index in [0.717, 1.165) is 47.4 Å². The molecule has 0 unspecified atom stereocenters. The van der Waals surface area contributed by atoms with Crippen LogP contribution in [0.1, 0.15) is 37.9 Å². The monoisotopic (exact) mass is 305 g/mol. The van der Waals surface area contributed by atoms with E-state index in [-0.39, 0.29) is 0 Å². The molecule has 0 saturated heterocycles. The van der Waals surface area contributed by atoms with E-state index in [2.05, 4.69) is 40.3 Å². The molecule has 0 aliphatic heterocycles. The predicted octanol–water partition coefficient (Wildman–Crippen LogP) is 3.44. The van der Waals surface area contributed by atoms with Crippen LogP contribution >= 0.6 is 11.8 Å². The summed E-state index contributed by atoms with van der Waals surface area (Å²) in [7, 11) is 1.96. The van der Waals surface area contributed by atoms with Crippen molar-refractivity contribution in [3.8, 4) is 0 Å². The number of aromatic nitrogens is 4. The normalized spacial score (nSPS) is 10.9. The zero-order valence-corrected chi connectivity index (χ0v) is 14.0. The Morgan fingerprint density at radius 2 is 2.05 bits per heavy atom. The molecule has 2 heterocycles. The highest BCUT2D eigenvalue weighted by molar-refractivity contribution is 7.99. The SMILES string of the molecule is CCCNc1ncnc(Sc2cc(C)nn2C)c1CCC. The van der Waals surface area contributed by atoms with Gasteiger partial charge in [0.05, 0.1) is 5.69 Å². The van der Waals surface area contributed by atoms with Crippen LogP contribution in [0.3, 0.4) is 0 Å². The highest BCUT2D eigenvalue weighted by Crippen LogP contribution is 2.32. The lowest BCUT2D eigenvalue weighted by Crippen LogP contribution is -2.07. The molecule has 5 nitrogen and oxygen atoms in total. The smallest absolute Gasteiger partial charge is 0.133 e. The van der Waals surface area contributed by atoms with Crippen LogP contribution in [0, 0.1) is 6.92 Å². The predicted molar refractivity (Wildman–Crippen MR) is 86.9 cm³/mol. The van der Waals surface area contributed by atoms with E-state index in [1.807, 2.05) is 18.7 Å². The highest BCUT2D eigenvalue weighted by Gasteiger charge is 2.14. The Kier molecular flexibility index (Phi) is 5.61. The van der Waals surface area contributed by atoms with Gasteiger partial charge in [-0.1, -0.05) is 20.3 Å². The molecule has 0 bridgehead atoms. The fourth-order valence-corrected chi connectivity index (χ4v) is 3.16. The van der Waals surface area contributed by atoms with Crippen molar-refractivity contribution >= 4 is 17.6 Å². The summed E-state index contributed by atoms with van der Waals surface area (Å²) in [5.41, 5.74) is 2.23. The first-order valence-electron chi connectivity index (χ1n) is 7.41. The maximum absolute atomic E-state index is 4.48. The Bertz CT molecular complexity index is 594. The molecule has 2 rings (SSSR count). The first-order valence-corrected chi connectivity index (χ1v) is 8.23. The maximum atomic E-state index is 4.48. The highest BCUT2D eigenvalue weighted by atomic mass is 32.2. The number of nitrogens with zero attached hydrogens (tertiary/aromatic N) is 4. The Morgan fingerprint density at radius 1 is 1.24 bits per heavy atom. The van der Waals surface area contributed by atoms with Crippen molar-refractivity contribution in [1.82, 2.24) is 19.7 Å². The van der Waals surface area contributed by atoms with Crippen LogP contribution in [0.25, 0.3) is 0 Å². The van der Waals surface area contributed by atoms with E-state index in [9.17, 15) is 0 Å². The van der Waals surface area contributed by atoms with Crippen molar-refractivity contribution in [1.29, 1.82) is 0 Å². The van der Waals surface area contributed by atoms with Gasteiger partial charge in [0, 0.05) is 19.2 Å². The standard InChI is InChI=1S/C15H23N5S/c1-5-7-12-14(16-8-6-2)17-10-18-15(12)21-13-9-11(3)19-20(13)4/h9-10H,5-8H2,1-4H3,(H,16,17,18). The van der Waals surface area contributed by atoms with Crippen molar-refractivity contribution in [2.24, 2.45) is 7.05 Å². The van der Waals surface area contributed by atoms with E-state index in [4.69, 9.17) is 0 Å². The molecule has 114 valence electrons. The van der Waals surface area contributed by atoms with Crippen LogP contribution < -0.4 is 5.32 Å². The van der Waals surface area contributed by atoms with E-state index >= 15 is 0 Å². The van der Waals surface area contributed by atoms with Crippen LogP contribution in [0.5, 0.6) is 0 Å². The van der Waals surface area contributed by atoms with Crippen LogP contribution in [0.2, 0.25) is 0 Å². The van der Waals surface area contributed by atoms with Gasteiger partial charge in [-0.25, -0.2) is 9.97 Å². The minimum Gasteiger partial charge on any atom is -0.370 e. The molecule has 2 aromatic rings. The Balaban J connectivity index is 2.31. The summed E-state index contributed by atoms with van der Waals surface area (Å²) >= 11 is 1.66. The molecule has 0 radical (unpaired) electrons. The molecule has 0 aromatic carbocycles. The van der Waals surface area contributed by atoms with Gasteiger partial charge in [0.25, 0.3) is 0 Å². The second-order valence-electron chi connectivity index (χ2n) is 5.03. The largest absolute Gasteiger partial charge is 0.370 e. The fourth-order valence-electron chi connectivity index (χ4n) is 2.14. The van der Waals surface area contributed by atoms with E-state index in [1.54, 1.807) is 18.1 Å². The van der Waals surface area contributed by atoms with Gasteiger partial charge in [0.1, 0.15) is 22.2 Å². The second kappa shape index (κ2) is 7.45. The summed E-state index contributed by atoms with van der Waals surface area (Å²) in [6.45, 7) is 7.27. The number of aryl methyl sites for hydroxylation is 2. The van der Waals surface area contributed by atoms with Crippen LogP contribution in [-0.2, 0) is 13.5 Å². The van der Waals surface area contributed by atoms with E-state index in [1.165, 1.54) is 5.56 Å². The third kappa shape index (κ3) is 3.97. The zero-order chi connectivity index (χ0) is 15.2. The topological polar surface area (TPSA) is 55.6 Å². The summed E-state index contributed by atoms with van der Waals surface area (Å²) in [5.74, 6) is 0.968. The lowest BCUT2D eigenvalue weighted by Gasteiger charge is -2.13. The summed E-state index contributed by atoms with van der Waals surface area (Å²) in [6, 6.07) is 2.08. The number of nitrogens with one attached hydrogen (secondary N) is 1. The molecule has 0 atom stereocenters. The van der Waals surface area contributed by atoms with Gasteiger partial charge in [-0.3, -0.25) is 4.68 Å². The second-order valence-corrected chi connectivity index (χ2v) is 6.04. The molecule has 1 N–H and O–H groups in total. The lowest BCUT2D eigenvalue weighted by molar-refractivity contribution is 0.691. The minimum absolute atomic E-state index is 0.933. The zero-order valence-electron chi connectivity index (χ0n) is 13.2. The van der Waals surface area contributed by atoms with Gasteiger partial charge >= 0.3 is 0 Å². The third-order valence-corrected chi connectivity index (χ3v) is 4.24. The molecule has 0 amide bonds. The van der Waals surface area contributed by atoms with Crippen molar-refractivity contribution in [3.63, 3.8) is 0 Å². The van der Waals surface area contributed by atoms with Gasteiger partial charge < -0.3 is 5.32 Å². The number of anilines is 1. The molecular weight excluding hydrogens is 282 g/mol. The molecule has 0 fully saturated rings. The Morgan fingerprint density at radius 3 is 2.67 bits per heavy atom. The molecule has 21 heavy (non-hydrogen) atoms. The average molecular weight is 305 g/mol. The molecule has 0 saturated carbocycles. The maximum Gasteiger partial charge on any atom is 0.133 e. The fraction of sp³-hybridized carbons (Fsp3) is 0.533. The van der Waals surface area contributed by atoms with Gasteiger partial charge in [-0.15, -0.1) is 0 Å². The third-order valence-electron chi connectivity index (χ3n) is 3.11. The molecule has 2 aromatic heterocycles. The Hall–Kier alpha value is -1.56. The lowest BCUT2D eigenvalue weighted by atomic mass is 10.2. The van der Waals surface area contributed by atoms with Gasteiger partial charge in [-0.2, -0.15) is 5.10 Å². The number of rotatable bonds is 7. The molecule has 0 aliphatic rings. The van der Waals surface area contributed by atoms with Gasteiger partial charge in [0.15, 0.2) is 0 Å². The molecule has 0 spiro atoms. The summed E-state index contributed by atoms with van der Waals surface area (Å²) < 4.78 is 1.90. The van der Waals surface area contributed by atoms with Crippen molar-refractivity contribution < 1.29 is 0 Å². The van der Waals surface area contributed by atoms with Crippen molar-refractivity contribution in [3.05, 3.63) is 23.7 Å². The van der Waals surface area contributed by atoms with E-state index < -0.39 is 0 Å². The molecule has 6 heteroatoms. The number of hydrogen-bond donors (Lipinski definition) is 1. The summed E-state index contributed by atoms with van der Waals surface area (Å²) in [4.78, 5) is 8.89. The van der Waals surface area contributed by atoms with Crippen LogP contribution in [0.4, 0.5) is 5.82 Å². The first-order chi connectivity index (χ1) is 10.2. The van der Waals surface area contributed by atoms with Gasteiger partial charge in [0.2, 0.25) is 0 Å². The van der Waals surface area contributed by atoms with Crippen molar-refractivity contribution in [2.75, 3.05) is 11.9 Å². The minimum atomic E-state index is 0.933. The van der Waals surface area contributed by atoms with Gasteiger partial charge in [-0.05, 0) is 37.6 Å². The van der Waals surface area contributed by atoms with E-state index in [0.29, 0.717) is 0 Å². The summed E-state index contributed by atoms with van der Waals surface area (Å²) in [5, 5.41) is 9.92. The number of hydrogen-bond acceptors (Lipinski definition) is 5. The average Bonchev–Trinajstić information content (AvgIpc) is 2.77. The first kappa shape index (κ1) is 15.8. The van der Waals surface area contributed by atoms with Crippen LogP contribution in [-0.4, -0.2) is 26.3 Å². The quantitative estimate of drug-likeness (QED) is 0.794. The molecular formula is C15H23N5S. The molecule has 0 aliphatic carbocycles. The van der Waals surface area contributed by atoms with Crippen LogP contribution in [0.15, 0.2) is 22.4 Å².